The van der Waals surface area contributed by atoms with Crippen molar-refractivity contribution < 1.29 is 23.9 Å². The summed E-state index contributed by atoms with van der Waals surface area (Å²) in [6, 6.07) is 21.8. The maximum atomic E-state index is 14.8. The number of benzene rings is 3. The maximum absolute atomic E-state index is 14.8. The van der Waals surface area contributed by atoms with Crippen molar-refractivity contribution in [2.24, 2.45) is 5.41 Å². The van der Waals surface area contributed by atoms with E-state index in [1.54, 1.807) is 33.0 Å². The highest BCUT2D eigenvalue weighted by Crippen LogP contribution is 2.33. The fourth-order valence-corrected chi connectivity index (χ4v) is 7.67. The van der Waals surface area contributed by atoms with Gasteiger partial charge in [-0.2, -0.15) is 0 Å². The summed E-state index contributed by atoms with van der Waals surface area (Å²) in [6.45, 7) is 13.7. The van der Waals surface area contributed by atoms with Crippen molar-refractivity contribution >= 4 is 34.5 Å². The summed E-state index contributed by atoms with van der Waals surface area (Å²) in [6.07, 6.45) is 4.38. The van der Waals surface area contributed by atoms with Crippen molar-refractivity contribution in [1.82, 2.24) is 29.7 Å². The summed E-state index contributed by atoms with van der Waals surface area (Å²) in [4.78, 5) is 60.1. The summed E-state index contributed by atoms with van der Waals surface area (Å²) in [7, 11) is 1.60. The van der Waals surface area contributed by atoms with Crippen LogP contribution in [-0.4, -0.2) is 87.0 Å². The molecule has 4 aromatic rings. The molecule has 4 amide bonds. The van der Waals surface area contributed by atoms with E-state index in [0.29, 0.717) is 30.8 Å². The van der Waals surface area contributed by atoms with E-state index in [1.807, 2.05) is 79.0 Å². The van der Waals surface area contributed by atoms with E-state index in [1.165, 1.54) is 0 Å². The lowest BCUT2D eigenvalue weighted by Crippen LogP contribution is -2.76. The molecule has 2 aliphatic heterocycles. The van der Waals surface area contributed by atoms with Crippen molar-refractivity contribution in [1.29, 1.82) is 0 Å². The van der Waals surface area contributed by atoms with Gasteiger partial charge in [-0.3, -0.25) is 14.4 Å². The Balaban J connectivity index is 1.40. The number of ether oxygens (including phenoxy) is 1. The molecule has 0 unspecified atom stereocenters. The van der Waals surface area contributed by atoms with Gasteiger partial charge in [-0.05, 0) is 40.7 Å². The number of methoxy groups -OCH3 is 1. The van der Waals surface area contributed by atoms with E-state index in [4.69, 9.17) is 4.74 Å². The number of hydrogen-bond donors (Lipinski definition) is 1. The van der Waals surface area contributed by atoms with Crippen molar-refractivity contribution in [2.45, 2.75) is 78.8 Å². The molecule has 2 fully saturated rings. The van der Waals surface area contributed by atoms with E-state index in [9.17, 15) is 19.2 Å². The van der Waals surface area contributed by atoms with Gasteiger partial charge in [0.2, 0.25) is 11.8 Å². The molecule has 2 aliphatic rings. The van der Waals surface area contributed by atoms with Gasteiger partial charge in [0.1, 0.15) is 18.0 Å². The molecule has 0 radical (unpaired) electrons. The smallest absolute Gasteiger partial charge is 0.334 e. The summed E-state index contributed by atoms with van der Waals surface area (Å²) in [5, 5.41) is 7.21. The number of para-hydroxylation sites is 1. The molecule has 54 heavy (non-hydrogen) atoms. The van der Waals surface area contributed by atoms with Gasteiger partial charge in [-0.15, -0.1) is 6.58 Å². The van der Waals surface area contributed by atoms with E-state index in [2.05, 4.69) is 44.2 Å². The Labute approximate surface area is 318 Å². The Kier molecular flexibility index (Phi) is 11.6. The zero-order valence-corrected chi connectivity index (χ0v) is 32.1. The lowest BCUT2D eigenvalue weighted by molar-refractivity contribution is -0.189. The predicted octanol–water partition coefficient (Wildman–Crippen LogP) is 6.42. The number of urea groups is 1. The first-order valence-corrected chi connectivity index (χ1v) is 18.8. The first kappa shape index (κ1) is 38.3. The van der Waals surface area contributed by atoms with E-state index < -0.39 is 12.2 Å². The van der Waals surface area contributed by atoms with Crippen LogP contribution in [0.25, 0.3) is 10.9 Å². The number of Topliss-reactive ketones (excluding diaryl/α,β-unsaturated/α-hetero) is 1. The fourth-order valence-electron chi connectivity index (χ4n) is 7.67. The second-order valence-electron chi connectivity index (χ2n) is 15.4. The third kappa shape index (κ3) is 8.21. The van der Waals surface area contributed by atoms with Crippen LogP contribution in [0.5, 0.6) is 5.75 Å². The number of rotatable bonds is 13. The Morgan fingerprint density at radius 2 is 1.72 bits per heavy atom. The van der Waals surface area contributed by atoms with Crippen LogP contribution >= 0.6 is 0 Å². The first-order valence-electron chi connectivity index (χ1n) is 18.8. The second kappa shape index (κ2) is 16.3. The average molecular weight is 733 g/mol. The van der Waals surface area contributed by atoms with Crippen LogP contribution in [0.3, 0.4) is 0 Å². The summed E-state index contributed by atoms with van der Waals surface area (Å²) < 4.78 is 7.51. The summed E-state index contributed by atoms with van der Waals surface area (Å²) in [5.41, 5.74) is 4.12. The number of ketones is 1. The molecule has 2 atom stereocenters. The number of carbonyl (C=O) groups excluding carboxylic acids is 4. The summed E-state index contributed by atoms with van der Waals surface area (Å²) in [5.74, 6) is 0.337. The molecule has 6 rings (SSSR count). The number of amides is 4. The number of carbonyl (C=O) groups is 4. The van der Waals surface area contributed by atoms with Gasteiger partial charge < -0.3 is 24.4 Å². The molecule has 0 bridgehead atoms. The fraction of sp³-hybridized carbons (Fsp3) is 0.395. The van der Waals surface area contributed by atoms with Gasteiger partial charge in [0, 0.05) is 56.2 Å². The van der Waals surface area contributed by atoms with Gasteiger partial charge in [0.25, 0.3) is 0 Å². The topological polar surface area (TPSA) is 107 Å². The normalized spacial score (nSPS) is 17.8. The third-order valence-corrected chi connectivity index (χ3v) is 10.1. The molecule has 1 aromatic heterocycles. The van der Waals surface area contributed by atoms with E-state index in [-0.39, 0.29) is 61.6 Å². The minimum atomic E-state index is -0.870. The highest BCUT2D eigenvalue weighted by Gasteiger charge is 2.51. The molecular weight excluding hydrogens is 681 g/mol. The van der Waals surface area contributed by atoms with Gasteiger partial charge in [-0.1, -0.05) is 94.4 Å². The Morgan fingerprint density at radius 3 is 2.39 bits per heavy atom. The number of piperazine rings is 1. The first-order chi connectivity index (χ1) is 25.9. The molecular formula is C43H52N6O5. The number of hydrogen-bond acceptors (Lipinski definition) is 6. The van der Waals surface area contributed by atoms with Crippen molar-refractivity contribution in [3.63, 3.8) is 0 Å². The largest absolute Gasteiger partial charge is 0.497 e. The van der Waals surface area contributed by atoms with Crippen LogP contribution in [0.1, 0.15) is 67.6 Å². The van der Waals surface area contributed by atoms with Gasteiger partial charge in [-0.25, -0.2) is 14.8 Å². The van der Waals surface area contributed by atoms with Crippen LogP contribution in [0, 0.1) is 5.41 Å². The standard InChI is InChI=1S/C43H52N6O5/c1-7-21-45-27-35(37(50)24-43(3,4)5)34-16-12-15-32(40(34)45)26-46-28-38-48(36(41(46)52)23-30-17-19-33(54-6)20-18-30)39(51)29-47(22-8-2)49(38)42(53)44-25-31-13-10-9-11-14-31/h8-20,27,36,38H,2,7,21-26,28-29H2,1,3-6H3,(H,44,53)/t36-,38-/m0/s1. The zero-order chi connectivity index (χ0) is 38.6. The molecule has 3 aromatic carbocycles. The van der Waals surface area contributed by atoms with Crippen LogP contribution in [0.15, 0.2) is 91.6 Å². The molecule has 3 heterocycles. The highest BCUT2D eigenvalue weighted by atomic mass is 16.5. The molecule has 11 heteroatoms. The molecule has 0 spiro atoms. The van der Waals surface area contributed by atoms with Crippen molar-refractivity contribution in [2.75, 3.05) is 26.7 Å². The van der Waals surface area contributed by atoms with Crippen LogP contribution < -0.4 is 10.1 Å². The zero-order valence-electron chi connectivity index (χ0n) is 32.1. The Bertz CT molecular complexity index is 2000. The molecule has 2 saturated heterocycles. The molecule has 0 aliphatic carbocycles. The third-order valence-electron chi connectivity index (χ3n) is 10.1. The van der Waals surface area contributed by atoms with Gasteiger partial charge in [0.15, 0.2) is 5.78 Å². The SMILES string of the molecule is C=CCN1CC(=O)N2[C@@H](Cc3ccc(OC)cc3)C(=O)N(Cc3cccc4c(C(=O)CC(C)(C)C)cn(CCC)c34)C[C@@H]2N1C(=O)NCc1ccccc1. The summed E-state index contributed by atoms with van der Waals surface area (Å²) >= 11 is 0. The number of nitrogens with zero attached hydrogens (tertiary/aromatic N) is 5. The van der Waals surface area contributed by atoms with E-state index in [0.717, 1.165) is 34.0 Å². The molecule has 0 saturated carbocycles. The van der Waals surface area contributed by atoms with Gasteiger partial charge >= 0.3 is 6.03 Å². The predicted molar refractivity (Wildman–Crippen MR) is 209 cm³/mol. The van der Waals surface area contributed by atoms with Crippen LogP contribution in [-0.2, 0) is 35.6 Å². The monoisotopic (exact) mass is 732 g/mol. The van der Waals surface area contributed by atoms with Crippen molar-refractivity contribution in [3.8, 4) is 5.75 Å². The molecule has 284 valence electrons. The number of aryl methyl sites for hydroxylation is 1. The van der Waals surface area contributed by atoms with Crippen molar-refractivity contribution in [3.05, 3.63) is 114 Å². The molecule has 1 N–H and O–H groups in total. The van der Waals surface area contributed by atoms with Crippen LogP contribution in [0.2, 0.25) is 0 Å². The number of hydrazine groups is 1. The van der Waals surface area contributed by atoms with E-state index >= 15 is 0 Å². The lowest BCUT2D eigenvalue weighted by Gasteiger charge is -2.55. The average Bonchev–Trinajstić information content (AvgIpc) is 3.52. The molecule has 11 nitrogen and oxygen atoms in total. The minimum absolute atomic E-state index is 0.0805. The minimum Gasteiger partial charge on any atom is -0.497 e. The highest BCUT2D eigenvalue weighted by molar-refractivity contribution is 6.09. The number of aromatic nitrogens is 1. The van der Waals surface area contributed by atoms with Gasteiger partial charge in [0.05, 0.1) is 25.7 Å². The maximum Gasteiger partial charge on any atom is 0.334 e. The number of nitrogens with one attached hydrogen (secondary N) is 1. The lowest BCUT2D eigenvalue weighted by atomic mass is 9.87. The quantitative estimate of drug-likeness (QED) is 0.126. The number of fused-ring (bicyclic) bond motifs is 2. The Hall–Kier alpha value is -5.42. The Morgan fingerprint density at radius 1 is 0.981 bits per heavy atom. The van der Waals surface area contributed by atoms with Crippen LogP contribution in [0.4, 0.5) is 4.79 Å². The second-order valence-corrected chi connectivity index (χ2v) is 15.4.